The van der Waals surface area contributed by atoms with Crippen LogP contribution >= 0.6 is 11.3 Å². The zero-order chi connectivity index (χ0) is 41.4. The van der Waals surface area contributed by atoms with Crippen molar-refractivity contribution in [3.05, 3.63) is 206 Å². The van der Waals surface area contributed by atoms with Gasteiger partial charge in [0.15, 0.2) is 17.5 Å². The van der Waals surface area contributed by atoms with Crippen LogP contribution in [-0.2, 0) is 0 Å². The van der Waals surface area contributed by atoms with Crippen molar-refractivity contribution in [2.45, 2.75) is 0 Å². The van der Waals surface area contributed by atoms with Gasteiger partial charge in [0.1, 0.15) is 11.2 Å². The molecule has 6 heteroatoms. The zero-order valence-electron chi connectivity index (χ0n) is 33.7. The van der Waals surface area contributed by atoms with Crippen LogP contribution < -0.4 is 0 Å². The summed E-state index contributed by atoms with van der Waals surface area (Å²) >= 11 is 1.82. The highest BCUT2D eigenvalue weighted by Crippen LogP contribution is 2.45. The molecule has 0 unspecified atom stereocenters. The molecule has 0 spiro atoms. The quantitative estimate of drug-likeness (QED) is 0.168. The van der Waals surface area contributed by atoms with E-state index in [4.69, 9.17) is 19.4 Å². The van der Waals surface area contributed by atoms with Crippen molar-refractivity contribution in [2.75, 3.05) is 0 Å². The molecule has 0 amide bonds. The zero-order valence-corrected chi connectivity index (χ0v) is 34.6. The first-order valence-corrected chi connectivity index (χ1v) is 21.9. The first-order valence-electron chi connectivity index (χ1n) is 21.1. The second-order valence-corrected chi connectivity index (χ2v) is 17.0. The summed E-state index contributed by atoms with van der Waals surface area (Å²) in [4.78, 5) is 15.6. The Morgan fingerprint density at radius 3 is 1.84 bits per heavy atom. The number of furan rings is 1. The fourth-order valence-corrected chi connectivity index (χ4v) is 10.6. The van der Waals surface area contributed by atoms with Gasteiger partial charge in [0.05, 0.1) is 11.0 Å². The van der Waals surface area contributed by atoms with E-state index in [2.05, 4.69) is 187 Å². The van der Waals surface area contributed by atoms with Gasteiger partial charge < -0.3 is 8.98 Å². The van der Waals surface area contributed by atoms with Gasteiger partial charge in [-0.15, -0.1) is 11.3 Å². The van der Waals surface area contributed by atoms with E-state index in [0.29, 0.717) is 17.5 Å². The van der Waals surface area contributed by atoms with Crippen LogP contribution in [0, 0.1) is 0 Å². The van der Waals surface area contributed by atoms with Crippen LogP contribution in [0.1, 0.15) is 0 Å². The average Bonchev–Trinajstić information content (AvgIpc) is 4.03. The Labute approximate surface area is 365 Å². The maximum Gasteiger partial charge on any atom is 0.164 e. The molecule has 63 heavy (non-hydrogen) atoms. The number of fused-ring (bicyclic) bond motifs is 9. The topological polar surface area (TPSA) is 56.7 Å². The van der Waals surface area contributed by atoms with E-state index in [1.165, 1.54) is 53.3 Å². The number of nitrogens with zero attached hydrogens (tertiary/aromatic N) is 4. The standard InChI is InChI=1S/C57H34N4OS/c1-4-14-35(15-5-1)37-28-31-50-47(32-37)44-30-27-39(34-51(44)62-50)56-58-55(36-16-6-2-7-17-36)59-57(60-56)46-23-13-25-52-53(46)45-22-12-21-41(54(45)63-52)38-26-29-43-42-20-10-11-24-48(42)61(49(43)33-38)40-18-8-3-9-19-40/h1-34H. The van der Waals surface area contributed by atoms with Gasteiger partial charge in [-0.2, -0.15) is 0 Å². The first-order chi connectivity index (χ1) is 31.2. The predicted molar refractivity (Wildman–Crippen MR) is 262 cm³/mol. The Morgan fingerprint density at radius 2 is 1.00 bits per heavy atom. The normalized spacial score (nSPS) is 11.8. The number of para-hydroxylation sites is 2. The Balaban J connectivity index is 0.969. The average molecular weight is 823 g/mol. The Morgan fingerprint density at radius 1 is 0.365 bits per heavy atom. The molecule has 0 aliphatic heterocycles. The number of thiophene rings is 1. The van der Waals surface area contributed by atoms with Gasteiger partial charge >= 0.3 is 0 Å². The molecule has 0 aliphatic carbocycles. The second-order valence-electron chi connectivity index (χ2n) is 15.9. The van der Waals surface area contributed by atoms with Gasteiger partial charge in [-0.1, -0.05) is 152 Å². The predicted octanol–water partition coefficient (Wildman–Crippen LogP) is 15.6. The van der Waals surface area contributed by atoms with E-state index >= 15 is 0 Å². The van der Waals surface area contributed by atoms with E-state index in [1.807, 2.05) is 35.6 Å². The smallest absolute Gasteiger partial charge is 0.164 e. The summed E-state index contributed by atoms with van der Waals surface area (Å²) in [6.45, 7) is 0. The largest absolute Gasteiger partial charge is 0.456 e. The van der Waals surface area contributed by atoms with Crippen molar-refractivity contribution in [1.29, 1.82) is 0 Å². The SMILES string of the molecule is c1ccc(-c2ccc3oc4cc(-c5nc(-c6ccccc6)nc(-c6cccc7sc8c(-c9ccc%10c%11ccccc%11n(-c%11ccccc%11)c%10c9)cccc8c67)n5)ccc4c3c2)cc1. The third-order valence-corrected chi connectivity index (χ3v) is 13.5. The molecule has 0 fully saturated rings. The Hall–Kier alpha value is -8.19. The molecule has 4 aromatic heterocycles. The van der Waals surface area contributed by atoms with Crippen LogP contribution in [0.3, 0.4) is 0 Å². The van der Waals surface area contributed by atoms with Crippen LogP contribution in [0.25, 0.3) is 126 Å². The molecule has 0 saturated carbocycles. The molecule has 13 aromatic rings. The third kappa shape index (κ3) is 5.80. The van der Waals surface area contributed by atoms with Crippen molar-refractivity contribution < 1.29 is 4.42 Å². The van der Waals surface area contributed by atoms with Crippen LogP contribution in [-0.4, -0.2) is 19.5 Å². The highest BCUT2D eigenvalue weighted by molar-refractivity contribution is 7.26. The van der Waals surface area contributed by atoms with Crippen molar-refractivity contribution >= 4 is 75.3 Å². The maximum absolute atomic E-state index is 6.48. The molecule has 294 valence electrons. The van der Waals surface area contributed by atoms with E-state index in [0.717, 1.165) is 55.3 Å². The van der Waals surface area contributed by atoms with Gasteiger partial charge in [0.25, 0.3) is 0 Å². The van der Waals surface area contributed by atoms with E-state index in [-0.39, 0.29) is 0 Å². The lowest BCUT2D eigenvalue weighted by atomic mass is 9.99. The first kappa shape index (κ1) is 35.6. The molecule has 9 aromatic carbocycles. The van der Waals surface area contributed by atoms with Gasteiger partial charge in [-0.05, 0) is 76.9 Å². The third-order valence-electron chi connectivity index (χ3n) is 12.3. The summed E-state index contributed by atoms with van der Waals surface area (Å²) in [5, 5.41) is 6.92. The minimum atomic E-state index is 0.588. The monoisotopic (exact) mass is 822 g/mol. The fraction of sp³-hybridized carbons (Fsp3) is 0. The Bertz CT molecular complexity index is 3910. The summed E-state index contributed by atoms with van der Waals surface area (Å²) < 4.78 is 11.3. The molecular formula is C57H34N4OS. The van der Waals surface area contributed by atoms with Crippen LogP contribution in [0.4, 0.5) is 0 Å². The summed E-state index contributed by atoms with van der Waals surface area (Å²) in [6.07, 6.45) is 0. The lowest BCUT2D eigenvalue weighted by Gasteiger charge is -2.10. The molecule has 0 N–H and O–H groups in total. The van der Waals surface area contributed by atoms with Crippen molar-refractivity contribution in [1.82, 2.24) is 19.5 Å². The number of aromatic nitrogens is 4. The van der Waals surface area contributed by atoms with Gasteiger partial charge in [0.2, 0.25) is 0 Å². The maximum atomic E-state index is 6.48. The molecule has 0 atom stereocenters. The lowest BCUT2D eigenvalue weighted by Crippen LogP contribution is -2.00. The molecule has 0 bridgehead atoms. The number of hydrogen-bond acceptors (Lipinski definition) is 5. The molecule has 5 nitrogen and oxygen atoms in total. The second kappa shape index (κ2) is 14.2. The Kier molecular flexibility index (Phi) is 8.01. The summed E-state index contributed by atoms with van der Waals surface area (Å²) in [6, 6.07) is 72.7. The van der Waals surface area contributed by atoms with Crippen molar-refractivity contribution in [2.24, 2.45) is 0 Å². The lowest BCUT2D eigenvalue weighted by molar-refractivity contribution is 0.669. The van der Waals surface area contributed by atoms with Crippen LogP contribution in [0.15, 0.2) is 211 Å². The van der Waals surface area contributed by atoms with Gasteiger partial charge in [-0.25, -0.2) is 15.0 Å². The number of hydrogen-bond donors (Lipinski definition) is 0. The molecular weight excluding hydrogens is 789 g/mol. The summed E-state index contributed by atoms with van der Waals surface area (Å²) in [5.74, 6) is 1.83. The molecule has 4 heterocycles. The summed E-state index contributed by atoms with van der Waals surface area (Å²) in [7, 11) is 0. The van der Waals surface area contributed by atoms with Gasteiger partial charge in [0, 0.05) is 64.1 Å². The van der Waals surface area contributed by atoms with Crippen molar-refractivity contribution in [3.63, 3.8) is 0 Å². The van der Waals surface area contributed by atoms with E-state index < -0.39 is 0 Å². The van der Waals surface area contributed by atoms with E-state index in [9.17, 15) is 0 Å². The highest BCUT2D eigenvalue weighted by Gasteiger charge is 2.20. The highest BCUT2D eigenvalue weighted by atomic mass is 32.1. The van der Waals surface area contributed by atoms with Crippen LogP contribution in [0.2, 0.25) is 0 Å². The molecule has 0 saturated heterocycles. The number of benzene rings is 9. The molecule has 0 radical (unpaired) electrons. The van der Waals surface area contributed by atoms with Crippen molar-refractivity contribution in [3.8, 4) is 62.1 Å². The number of rotatable bonds is 6. The molecule has 0 aliphatic rings. The minimum Gasteiger partial charge on any atom is -0.456 e. The summed E-state index contributed by atoms with van der Waals surface area (Å²) in [5.41, 5.74) is 12.6. The minimum absolute atomic E-state index is 0.588. The van der Waals surface area contributed by atoms with Crippen LogP contribution in [0.5, 0.6) is 0 Å². The molecule has 13 rings (SSSR count). The van der Waals surface area contributed by atoms with Gasteiger partial charge in [-0.3, -0.25) is 0 Å². The fourth-order valence-electron chi connectivity index (χ4n) is 9.32. The van der Waals surface area contributed by atoms with E-state index in [1.54, 1.807) is 0 Å².